The first kappa shape index (κ1) is 8.97. The maximum atomic E-state index is 3.63. The molecule has 1 aromatic rings. The van der Waals surface area contributed by atoms with Gasteiger partial charge in [0.25, 0.3) is 0 Å². The summed E-state index contributed by atoms with van der Waals surface area (Å²) in [6.07, 6.45) is 1.86. The van der Waals surface area contributed by atoms with Crippen molar-refractivity contribution < 1.29 is 0 Å². The van der Waals surface area contributed by atoms with Crippen LogP contribution in [0.3, 0.4) is 0 Å². The van der Waals surface area contributed by atoms with Gasteiger partial charge in [0.15, 0.2) is 0 Å². The fourth-order valence-corrected chi connectivity index (χ4v) is 2.20. The molecule has 0 spiro atoms. The number of nitrogens with one attached hydrogen (secondary N) is 1. The van der Waals surface area contributed by atoms with Crippen LogP contribution in [0.2, 0.25) is 0 Å². The molecule has 60 valence electrons. The normalized spacial score (nSPS) is 9.91. The van der Waals surface area contributed by atoms with E-state index in [-0.39, 0.29) is 0 Å². The third kappa shape index (κ3) is 2.77. The van der Waals surface area contributed by atoms with Crippen molar-refractivity contribution in [3.05, 3.63) is 33.5 Å². The van der Waals surface area contributed by atoms with Gasteiger partial charge >= 0.3 is 0 Å². The van der Waals surface area contributed by atoms with Gasteiger partial charge < -0.3 is 5.32 Å². The highest BCUT2D eigenvalue weighted by atomic mass is 79.9. The Morgan fingerprint density at radius 3 is 3.09 bits per heavy atom. The van der Waals surface area contributed by atoms with Crippen molar-refractivity contribution in [1.82, 2.24) is 5.32 Å². The molecule has 1 aromatic heterocycles. The van der Waals surface area contributed by atoms with Crippen molar-refractivity contribution in [3.8, 4) is 0 Å². The zero-order chi connectivity index (χ0) is 8.10. The first-order valence-electron chi connectivity index (χ1n) is 3.38. The van der Waals surface area contributed by atoms with E-state index in [2.05, 4.69) is 39.3 Å². The molecule has 0 aliphatic carbocycles. The third-order valence-corrected chi connectivity index (χ3v) is 3.19. The average Bonchev–Trinajstić information content (AvgIpc) is 2.37. The molecule has 1 rings (SSSR count). The monoisotopic (exact) mass is 231 g/mol. The number of thiophene rings is 1. The molecule has 0 unspecified atom stereocenters. The molecule has 1 N–H and O–H groups in total. The number of hydrogen-bond donors (Lipinski definition) is 1. The first-order valence-corrected chi connectivity index (χ1v) is 5.05. The average molecular weight is 232 g/mol. The molecule has 11 heavy (non-hydrogen) atoms. The summed E-state index contributed by atoms with van der Waals surface area (Å²) >= 11 is 5.22. The molecular formula is C8H10BrNS. The SMILES string of the molecule is C=CCNCc1sccc1Br. The summed E-state index contributed by atoms with van der Waals surface area (Å²) in [5, 5.41) is 5.32. The van der Waals surface area contributed by atoms with Crippen LogP contribution in [0.25, 0.3) is 0 Å². The lowest BCUT2D eigenvalue weighted by Crippen LogP contribution is -2.11. The molecule has 0 bridgehead atoms. The molecule has 0 atom stereocenters. The number of halogens is 1. The fourth-order valence-electron chi connectivity index (χ4n) is 0.739. The summed E-state index contributed by atoms with van der Waals surface area (Å²) in [6, 6.07) is 2.07. The summed E-state index contributed by atoms with van der Waals surface area (Å²) in [6.45, 7) is 5.42. The lowest BCUT2D eigenvalue weighted by Gasteiger charge is -1.98. The Kier molecular flexibility index (Phi) is 3.83. The molecule has 1 heterocycles. The Balaban J connectivity index is 2.38. The van der Waals surface area contributed by atoms with E-state index in [4.69, 9.17) is 0 Å². The van der Waals surface area contributed by atoms with E-state index >= 15 is 0 Å². The van der Waals surface area contributed by atoms with E-state index < -0.39 is 0 Å². The van der Waals surface area contributed by atoms with Crippen LogP contribution >= 0.6 is 27.3 Å². The van der Waals surface area contributed by atoms with Gasteiger partial charge in [0.05, 0.1) is 0 Å². The highest BCUT2D eigenvalue weighted by molar-refractivity contribution is 9.10. The second-order valence-electron chi connectivity index (χ2n) is 2.11. The lowest BCUT2D eigenvalue weighted by molar-refractivity contribution is 0.769. The summed E-state index contributed by atoms with van der Waals surface area (Å²) in [5.41, 5.74) is 0. The maximum absolute atomic E-state index is 3.63. The van der Waals surface area contributed by atoms with Crippen LogP contribution < -0.4 is 5.32 Å². The van der Waals surface area contributed by atoms with Gasteiger partial charge in [-0.25, -0.2) is 0 Å². The van der Waals surface area contributed by atoms with Crippen molar-refractivity contribution in [2.75, 3.05) is 6.54 Å². The predicted molar refractivity (Wildman–Crippen MR) is 53.9 cm³/mol. The summed E-state index contributed by atoms with van der Waals surface area (Å²) in [7, 11) is 0. The van der Waals surface area contributed by atoms with Crippen molar-refractivity contribution >= 4 is 27.3 Å². The zero-order valence-corrected chi connectivity index (χ0v) is 8.54. The van der Waals surface area contributed by atoms with Crippen molar-refractivity contribution in [2.45, 2.75) is 6.54 Å². The van der Waals surface area contributed by atoms with Crippen LogP contribution in [0.4, 0.5) is 0 Å². The van der Waals surface area contributed by atoms with Crippen LogP contribution in [0.15, 0.2) is 28.6 Å². The van der Waals surface area contributed by atoms with E-state index in [9.17, 15) is 0 Å². The Bertz CT molecular complexity index is 232. The van der Waals surface area contributed by atoms with E-state index in [0.717, 1.165) is 13.1 Å². The van der Waals surface area contributed by atoms with E-state index in [1.807, 2.05) is 6.08 Å². The van der Waals surface area contributed by atoms with Gasteiger partial charge in [0.1, 0.15) is 0 Å². The van der Waals surface area contributed by atoms with Crippen LogP contribution in [0.1, 0.15) is 4.88 Å². The summed E-state index contributed by atoms with van der Waals surface area (Å²) in [5.74, 6) is 0. The minimum atomic E-state index is 0.865. The number of hydrogen-bond acceptors (Lipinski definition) is 2. The number of rotatable bonds is 4. The zero-order valence-electron chi connectivity index (χ0n) is 6.14. The molecule has 0 aliphatic heterocycles. The molecular weight excluding hydrogens is 222 g/mol. The van der Waals surface area contributed by atoms with E-state index in [0.29, 0.717) is 0 Å². The molecule has 0 amide bonds. The molecule has 0 saturated heterocycles. The van der Waals surface area contributed by atoms with Gasteiger partial charge in [-0.2, -0.15) is 0 Å². The summed E-state index contributed by atoms with van der Waals surface area (Å²) in [4.78, 5) is 1.34. The van der Waals surface area contributed by atoms with Crippen LogP contribution in [-0.4, -0.2) is 6.54 Å². The third-order valence-electron chi connectivity index (χ3n) is 1.27. The van der Waals surface area contributed by atoms with E-state index in [1.165, 1.54) is 9.35 Å². The van der Waals surface area contributed by atoms with Gasteiger partial charge in [-0.15, -0.1) is 17.9 Å². The molecule has 3 heteroatoms. The quantitative estimate of drug-likeness (QED) is 0.621. The second kappa shape index (κ2) is 4.70. The second-order valence-corrected chi connectivity index (χ2v) is 3.97. The Hall–Kier alpha value is -0.120. The van der Waals surface area contributed by atoms with Gasteiger partial charge in [0, 0.05) is 22.4 Å². The fraction of sp³-hybridized carbons (Fsp3) is 0.250. The molecule has 1 nitrogen and oxygen atoms in total. The minimum Gasteiger partial charge on any atom is -0.308 e. The molecule has 0 aromatic carbocycles. The first-order chi connectivity index (χ1) is 5.34. The topological polar surface area (TPSA) is 12.0 Å². The van der Waals surface area contributed by atoms with Crippen LogP contribution in [0, 0.1) is 0 Å². The minimum absolute atomic E-state index is 0.865. The molecule has 0 saturated carbocycles. The lowest BCUT2D eigenvalue weighted by atomic mass is 10.4. The molecule has 0 aliphatic rings. The Morgan fingerprint density at radius 1 is 1.73 bits per heavy atom. The smallest absolute Gasteiger partial charge is 0.0327 e. The largest absolute Gasteiger partial charge is 0.308 e. The summed E-state index contributed by atoms with van der Waals surface area (Å²) < 4.78 is 1.19. The van der Waals surface area contributed by atoms with E-state index in [1.54, 1.807) is 11.3 Å². The van der Waals surface area contributed by atoms with Crippen molar-refractivity contribution in [1.29, 1.82) is 0 Å². The van der Waals surface area contributed by atoms with Crippen molar-refractivity contribution in [3.63, 3.8) is 0 Å². The molecule has 0 radical (unpaired) electrons. The van der Waals surface area contributed by atoms with Gasteiger partial charge in [-0.3, -0.25) is 0 Å². The highest BCUT2D eigenvalue weighted by Crippen LogP contribution is 2.21. The van der Waals surface area contributed by atoms with Gasteiger partial charge in [-0.05, 0) is 27.4 Å². The van der Waals surface area contributed by atoms with Gasteiger partial charge in [-0.1, -0.05) is 6.08 Å². The Labute approximate surface area is 79.3 Å². The maximum Gasteiger partial charge on any atom is 0.0327 e. The standard InChI is InChI=1S/C8H10BrNS/c1-2-4-10-6-8-7(9)3-5-11-8/h2-3,5,10H,1,4,6H2. The molecule has 0 fully saturated rings. The van der Waals surface area contributed by atoms with Gasteiger partial charge in [0.2, 0.25) is 0 Å². The highest BCUT2D eigenvalue weighted by Gasteiger charge is 1.98. The van der Waals surface area contributed by atoms with Crippen LogP contribution in [-0.2, 0) is 6.54 Å². The van der Waals surface area contributed by atoms with Crippen molar-refractivity contribution in [2.24, 2.45) is 0 Å². The Morgan fingerprint density at radius 2 is 2.55 bits per heavy atom. The predicted octanol–water partition coefficient (Wildman–Crippen LogP) is 2.79. The van der Waals surface area contributed by atoms with Crippen LogP contribution in [0.5, 0.6) is 0 Å².